The zero-order valence-electron chi connectivity index (χ0n) is 11.7. The van der Waals surface area contributed by atoms with Crippen molar-refractivity contribution in [3.63, 3.8) is 0 Å². The van der Waals surface area contributed by atoms with Crippen molar-refractivity contribution < 1.29 is 0 Å². The van der Waals surface area contributed by atoms with E-state index in [0.717, 1.165) is 6.42 Å². The smallest absolute Gasteiger partial charge is 0.0127 e. The van der Waals surface area contributed by atoms with Gasteiger partial charge in [0.15, 0.2) is 0 Å². The first-order chi connectivity index (χ1) is 7.41. The van der Waals surface area contributed by atoms with E-state index in [9.17, 15) is 0 Å². The van der Waals surface area contributed by atoms with Crippen LogP contribution in [0.1, 0.15) is 48.0 Å². The van der Waals surface area contributed by atoms with Crippen molar-refractivity contribution >= 4 is 0 Å². The molecule has 1 aliphatic carbocycles. The summed E-state index contributed by atoms with van der Waals surface area (Å²) in [4.78, 5) is 0. The molecule has 0 saturated heterocycles. The largest absolute Gasteiger partial charge is 0.0770 e. The summed E-state index contributed by atoms with van der Waals surface area (Å²) in [6.45, 7) is 13.7. The molecule has 1 aliphatic rings. The molecular weight excluding hydrogens is 192 g/mol. The Morgan fingerprint density at radius 2 is 1.31 bits per heavy atom. The fourth-order valence-electron chi connectivity index (χ4n) is 1.94. The monoisotopic (exact) mass is 218 g/mol. The lowest BCUT2D eigenvalue weighted by Gasteiger charge is -2.11. The lowest BCUT2D eigenvalue weighted by Crippen LogP contribution is -1.96. The molecule has 0 aromatic heterocycles. The van der Waals surface area contributed by atoms with E-state index in [0.29, 0.717) is 17.8 Å². The Hall–Kier alpha value is -0.780. The summed E-state index contributed by atoms with van der Waals surface area (Å²) in [5, 5.41) is 0. The quantitative estimate of drug-likeness (QED) is 0.615. The molecule has 0 N–H and O–H groups in total. The fraction of sp³-hybridized carbons (Fsp3) is 0.625. The lowest BCUT2D eigenvalue weighted by molar-refractivity contribution is 0.734. The fourth-order valence-corrected chi connectivity index (χ4v) is 1.94. The normalized spacial score (nSPS) is 17.4. The molecule has 0 heterocycles. The zero-order valence-corrected chi connectivity index (χ0v) is 11.7. The molecule has 0 aliphatic heterocycles. The summed E-state index contributed by atoms with van der Waals surface area (Å²) in [6, 6.07) is 0. The van der Waals surface area contributed by atoms with Crippen LogP contribution in [0.25, 0.3) is 0 Å². The number of hydrogen-bond donors (Lipinski definition) is 0. The summed E-state index contributed by atoms with van der Waals surface area (Å²) in [5.74, 6) is 1.91. The summed E-state index contributed by atoms with van der Waals surface area (Å²) in [5.41, 5.74) is 4.55. The van der Waals surface area contributed by atoms with E-state index in [1.54, 1.807) is 5.57 Å². The van der Waals surface area contributed by atoms with Gasteiger partial charge < -0.3 is 0 Å². The number of hydrogen-bond acceptors (Lipinski definition) is 0. The minimum atomic E-state index is 0.619. The van der Waals surface area contributed by atoms with Crippen LogP contribution in [0.3, 0.4) is 0 Å². The second kappa shape index (κ2) is 5.52. The number of allylic oxidation sites excluding steroid dienone is 6. The average Bonchev–Trinajstić information content (AvgIpc) is 2.39. The van der Waals surface area contributed by atoms with Crippen molar-refractivity contribution in [3.8, 4) is 0 Å². The van der Waals surface area contributed by atoms with E-state index in [1.807, 2.05) is 0 Å². The highest BCUT2D eigenvalue weighted by Gasteiger charge is 2.12. The Morgan fingerprint density at radius 1 is 0.750 bits per heavy atom. The molecular formula is C16H26. The standard InChI is InChI=1S/C16H26/c1-11(2)14-7-8-15(12(3)4)10-16(9-14)13(5)6/h7,9-13H,8H2,1-6H3. The summed E-state index contributed by atoms with van der Waals surface area (Å²) in [6.07, 6.45) is 8.34. The Labute approximate surface area is 101 Å². The summed E-state index contributed by atoms with van der Waals surface area (Å²) >= 11 is 0. The third-order valence-corrected chi connectivity index (χ3v) is 3.33. The van der Waals surface area contributed by atoms with Gasteiger partial charge in [0.05, 0.1) is 0 Å². The van der Waals surface area contributed by atoms with Crippen LogP contribution in [0.5, 0.6) is 0 Å². The molecule has 0 unspecified atom stereocenters. The van der Waals surface area contributed by atoms with Gasteiger partial charge in [0.1, 0.15) is 0 Å². The van der Waals surface area contributed by atoms with Crippen LogP contribution in [0.15, 0.2) is 34.9 Å². The van der Waals surface area contributed by atoms with Crippen LogP contribution in [0.2, 0.25) is 0 Å². The van der Waals surface area contributed by atoms with Gasteiger partial charge in [-0.3, -0.25) is 0 Å². The van der Waals surface area contributed by atoms with Crippen molar-refractivity contribution in [2.24, 2.45) is 17.8 Å². The first-order valence-corrected chi connectivity index (χ1v) is 6.54. The maximum absolute atomic E-state index is 2.42. The molecule has 90 valence electrons. The van der Waals surface area contributed by atoms with Gasteiger partial charge in [0.2, 0.25) is 0 Å². The molecule has 0 saturated carbocycles. The van der Waals surface area contributed by atoms with Gasteiger partial charge in [0.25, 0.3) is 0 Å². The highest BCUT2D eigenvalue weighted by atomic mass is 14.2. The SMILES string of the molecule is CC(C)C1=CCC(C(C)C)=CC(C(C)C)=C1. The van der Waals surface area contributed by atoms with E-state index in [4.69, 9.17) is 0 Å². The Balaban J connectivity index is 3.07. The first-order valence-electron chi connectivity index (χ1n) is 6.54. The molecule has 0 aromatic carbocycles. The van der Waals surface area contributed by atoms with E-state index < -0.39 is 0 Å². The molecule has 0 heteroatoms. The molecule has 0 spiro atoms. The van der Waals surface area contributed by atoms with E-state index in [1.165, 1.54) is 11.1 Å². The van der Waals surface area contributed by atoms with Crippen LogP contribution in [0, 0.1) is 17.8 Å². The Bertz CT molecular complexity index is 322. The van der Waals surface area contributed by atoms with Crippen molar-refractivity contribution in [2.75, 3.05) is 0 Å². The summed E-state index contributed by atoms with van der Waals surface area (Å²) in [7, 11) is 0. The van der Waals surface area contributed by atoms with Crippen LogP contribution >= 0.6 is 0 Å². The van der Waals surface area contributed by atoms with Crippen LogP contribution < -0.4 is 0 Å². The Kier molecular flexibility index (Phi) is 4.58. The maximum Gasteiger partial charge on any atom is -0.0127 e. The molecule has 0 aromatic rings. The molecule has 0 amide bonds. The van der Waals surface area contributed by atoms with E-state index in [-0.39, 0.29) is 0 Å². The van der Waals surface area contributed by atoms with Gasteiger partial charge in [-0.2, -0.15) is 0 Å². The average molecular weight is 218 g/mol. The molecule has 0 nitrogen and oxygen atoms in total. The van der Waals surface area contributed by atoms with Gasteiger partial charge in [-0.1, -0.05) is 65.3 Å². The highest BCUT2D eigenvalue weighted by Crippen LogP contribution is 2.28. The predicted octanol–water partition coefficient (Wildman–Crippen LogP) is 5.14. The minimum Gasteiger partial charge on any atom is -0.0770 e. The summed E-state index contributed by atoms with van der Waals surface area (Å²) < 4.78 is 0. The third-order valence-electron chi connectivity index (χ3n) is 3.33. The van der Waals surface area contributed by atoms with Gasteiger partial charge in [-0.15, -0.1) is 0 Å². The number of rotatable bonds is 3. The van der Waals surface area contributed by atoms with Crippen molar-refractivity contribution in [1.82, 2.24) is 0 Å². The third kappa shape index (κ3) is 3.37. The molecule has 0 fully saturated rings. The van der Waals surface area contributed by atoms with Crippen molar-refractivity contribution in [2.45, 2.75) is 48.0 Å². The van der Waals surface area contributed by atoms with Crippen molar-refractivity contribution in [1.29, 1.82) is 0 Å². The van der Waals surface area contributed by atoms with Gasteiger partial charge in [-0.25, -0.2) is 0 Å². The lowest BCUT2D eigenvalue weighted by atomic mass is 9.94. The Morgan fingerprint density at radius 3 is 1.75 bits per heavy atom. The zero-order chi connectivity index (χ0) is 12.3. The molecule has 0 radical (unpaired) electrons. The van der Waals surface area contributed by atoms with E-state index >= 15 is 0 Å². The maximum atomic E-state index is 2.42. The predicted molar refractivity (Wildman–Crippen MR) is 73.4 cm³/mol. The van der Waals surface area contributed by atoms with Gasteiger partial charge in [0, 0.05) is 0 Å². The molecule has 0 atom stereocenters. The second-order valence-electron chi connectivity index (χ2n) is 5.74. The molecule has 1 rings (SSSR count). The van der Waals surface area contributed by atoms with Crippen LogP contribution in [-0.4, -0.2) is 0 Å². The van der Waals surface area contributed by atoms with Gasteiger partial charge in [-0.05, 0) is 35.3 Å². The van der Waals surface area contributed by atoms with E-state index in [2.05, 4.69) is 59.8 Å². The first kappa shape index (κ1) is 13.3. The molecule has 16 heavy (non-hydrogen) atoms. The molecule has 0 bridgehead atoms. The van der Waals surface area contributed by atoms with Crippen LogP contribution in [0.4, 0.5) is 0 Å². The topological polar surface area (TPSA) is 0 Å². The minimum absolute atomic E-state index is 0.619. The van der Waals surface area contributed by atoms with Gasteiger partial charge >= 0.3 is 0 Å². The second-order valence-corrected chi connectivity index (χ2v) is 5.74. The van der Waals surface area contributed by atoms with Crippen molar-refractivity contribution in [3.05, 3.63) is 34.9 Å². The van der Waals surface area contributed by atoms with Crippen LogP contribution in [-0.2, 0) is 0 Å². The highest BCUT2D eigenvalue weighted by molar-refractivity contribution is 5.39.